The Balaban J connectivity index is 2.30. The van der Waals surface area contributed by atoms with Crippen molar-refractivity contribution in [2.75, 3.05) is 19.8 Å². The number of aliphatic hydroxyl groups is 1. The molecule has 0 aliphatic carbocycles. The molecular formula is C6H11NO4. The Bertz CT molecular complexity index is 150. The predicted octanol–water partition coefficient (Wildman–Crippen LogP) is -1.75. The van der Waals surface area contributed by atoms with Crippen molar-refractivity contribution in [1.29, 1.82) is 0 Å². The minimum atomic E-state index is -0.703. The molecule has 0 saturated carbocycles. The first-order valence-electron chi connectivity index (χ1n) is 3.39. The Morgan fingerprint density at radius 1 is 1.73 bits per heavy atom. The number of aliphatic hydroxyl groups excluding tert-OH is 1. The molecule has 0 amide bonds. The Kier molecular flexibility index (Phi) is 2.81. The first-order chi connectivity index (χ1) is 5.24. The molecule has 2 unspecified atom stereocenters. The van der Waals surface area contributed by atoms with Gasteiger partial charge in [0.05, 0.1) is 19.8 Å². The molecule has 1 fully saturated rings. The van der Waals surface area contributed by atoms with Gasteiger partial charge in [0.1, 0.15) is 6.10 Å². The quantitative estimate of drug-likeness (QED) is 0.469. The molecule has 1 aliphatic heterocycles. The van der Waals surface area contributed by atoms with Crippen molar-refractivity contribution in [1.82, 2.24) is 0 Å². The van der Waals surface area contributed by atoms with Gasteiger partial charge in [-0.15, -0.1) is 0 Å². The number of ether oxygens (including phenoxy) is 2. The maximum atomic E-state index is 10.6. The summed E-state index contributed by atoms with van der Waals surface area (Å²) in [6.07, 6.45) is -1.24. The van der Waals surface area contributed by atoms with E-state index in [1.54, 1.807) is 0 Å². The molecular weight excluding hydrogens is 150 g/mol. The van der Waals surface area contributed by atoms with Gasteiger partial charge in [-0.3, -0.25) is 4.79 Å². The highest BCUT2D eigenvalue weighted by Gasteiger charge is 2.29. The fraction of sp³-hybridized carbons (Fsp3) is 0.833. The largest absolute Gasteiger partial charge is 0.456 e. The van der Waals surface area contributed by atoms with Gasteiger partial charge in [0.15, 0.2) is 6.10 Å². The highest BCUT2D eigenvalue weighted by atomic mass is 16.6. The number of nitrogens with two attached hydrogens (primary N) is 1. The van der Waals surface area contributed by atoms with E-state index in [4.69, 9.17) is 20.3 Å². The van der Waals surface area contributed by atoms with Gasteiger partial charge < -0.3 is 20.3 Å². The second-order valence-electron chi connectivity index (χ2n) is 2.34. The number of esters is 1. The summed E-state index contributed by atoms with van der Waals surface area (Å²) in [4.78, 5) is 10.6. The van der Waals surface area contributed by atoms with E-state index < -0.39 is 18.2 Å². The summed E-state index contributed by atoms with van der Waals surface area (Å²) in [5.74, 6) is -0.514. The van der Waals surface area contributed by atoms with E-state index in [9.17, 15) is 4.79 Å². The van der Waals surface area contributed by atoms with Crippen molar-refractivity contribution < 1.29 is 19.4 Å². The Morgan fingerprint density at radius 2 is 2.45 bits per heavy atom. The number of carbonyl (C=O) groups excluding carboxylic acids is 1. The maximum absolute atomic E-state index is 10.6. The average Bonchev–Trinajstić information content (AvgIpc) is 2.37. The minimum Gasteiger partial charge on any atom is -0.456 e. The molecule has 0 radical (unpaired) electrons. The molecule has 5 heteroatoms. The standard InChI is InChI=1S/C6H11NO4/c7-1-6(9)11-5-3-10-2-4(5)8/h4-5,8H,1-3,7H2. The molecule has 1 rings (SSSR count). The molecule has 0 aromatic heterocycles. The Hall–Kier alpha value is -0.650. The first kappa shape index (κ1) is 8.45. The highest BCUT2D eigenvalue weighted by Crippen LogP contribution is 2.08. The summed E-state index contributed by atoms with van der Waals surface area (Å²) in [7, 11) is 0. The lowest BCUT2D eigenvalue weighted by molar-refractivity contribution is -0.150. The lowest BCUT2D eigenvalue weighted by Crippen LogP contribution is -2.32. The van der Waals surface area contributed by atoms with Gasteiger partial charge in [-0.05, 0) is 0 Å². The number of rotatable bonds is 2. The first-order valence-corrected chi connectivity index (χ1v) is 3.39. The number of hydrogen-bond donors (Lipinski definition) is 2. The van der Waals surface area contributed by atoms with Crippen molar-refractivity contribution >= 4 is 5.97 Å². The van der Waals surface area contributed by atoms with Crippen LogP contribution in [0.25, 0.3) is 0 Å². The molecule has 1 heterocycles. The molecule has 0 bridgehead atoms. The monoisotopic (exact) mass is 161 g/mol. The predicted molar refractivity (Wildman–Crippen MR) is 35.8 cm³/mol. The van der Waals surface area contributed by atoms with Crippen LogP contribution in [0.4, 0.5) is 0 Å². The van der Waals surface area contributed by atoms with Gasteiger partial charge in [0.2, 0.25) is 0 Å². The van der Waals surface area contributed by atoms with E-state index >= 15 is 0 Å². The second kappa shape index (κ2) is 3.66. The van der Waals surface area contributed by atoms with Crippen LogP contribution in [0.3, 0.4) is 0 Å². The van der Waals surface area contributed by atoms with Gasteiger partial charge in [-0.2, -0.15) is 0 Å². The molecule has 1 saturated heterocycles. The Morgan fingerprint density at radius 3 is 2.91 bits per heavy atom. The number of carbonyl (C=O) groups is 1. The second-order valence-corrected chi connectivity index (χ2v) is 2.34. The summed E-state index contributed by atoms with van der Waals surface area (Å²) in [6, 6.07) is 0. The zero-order valence-corrected chi connectivity index (χ0v) is 6.03. The third-order valence-corrected chi connectivity index (χ3v) is 1.45. The molecule has 1 aliphatic rings. The van der Waals surface area contributed by atoms with E-state index in [2.05, 4.69) is 0 Å². The maximum Gasteiger partial charge on any atom is 0.320 e. The van der Waals surface area contributed by atoms with E-state index in [0.717, 1.165) is 0 Å². The minimum absolute atomic E-state index is 0.163. The van der Waals surface area contributed by atoms with E-state index in [-0.39, 0.29) is 19.8 Å². The smallest absolute Gasteiger partial charge is 0.320 e. The van der Waals surface area contributed by atoms with E-state index in [1.165, 1.54) is 0 Å². The third kappa shape index (κ3) is 2.14. The normalized spacial score (nSPS) is 30.4. The van der Waals surface area contributed by atoms with Gasteiger partial charge in [-0.1, -0.05) is 0 Å². The molecule has 11 heavy (non-hydrogen) atoms. The zero-order chi connectivity index (χ0) is 8.27. The lowest BCUT2D eigenvalue weighted by Gasteiger charge is -2.12. The summed E-state index contributed by atoms with van der Waals surface area (Å²) >= 11 is 0. The topological polar surface area (TPSA) is 81.8 Å². The summed E-state index contributed by atoms with van der Waals surface area (Å²) in [5.41, 5.74) is 5.00. The average molecular weight is 161 g/mol. The lowest BCUT2D eigenvalue weighted by atomic mass is 10.3. The molecule has 2 atom stereocenters. The van der Waals surface area contributed by atoms with Crippen LogP contribution in [0.1, 0.15) is 0 Å². The van der Waals surface area contributed by atoms with Crippen LogP contribution in [0, 0.1) is 0 Å². The molecule has 0 spiro atoms. The molecule has 5 nitrogen and oxygen atoms in total. The van der Waals surface area contributed by atoms with E-state index in [1.807, 2.05) is 0 Å². The van der Waals surface area contributed by atoms with Crippen LogP contribution in [-0.4, -0.2) is 43.0 Å². The summed E-state index contributed by atoms with van der Waals surface area (Å²) in [5, 5.41) is 9.09. The van der Waals surface area contributed by atoms with Crippen molar-refractivity contribution in [2.45, 2.75) is 12.2 Å². The zero-order valence-electron chi connectivity index (χ0n) is 6.03. The van der Waals surface area contributed by atoms with Crippen LogP contribution in [0.15, 0.2) is 0 Å². The van der Waals surface area contributed by atoms with Crippen LogP contribution in [-0.2, 0) is 14.3 Å². The fourth-order valence-corrected chi connectivity index (χ4v) is 0.853. The van der Waals surface area contributed by atoms with Gasteiger partial charge >= 0.3 is 5.97 Å². The third-order valence-electron chi connectivity index (χ3n) is 1.45. The highest BCUT2D eigenvalue weighted by molar-refractivity contribution is 5.71. The Labute approximate surface area is 64.1 Å². The summed E-state index contributed by atoms with van der Waals surface area (Å²) in [6.45, 7) is 0.318. The van der Waals surface area contributed by atoms with Crippen molar-refractivity contribution in [2.24, 2.45) is 5.73 Å². The number of hydrogen-bond acceptors (Lipinski definition) is 5. The van der Waals surface area contributed by atoms with Gasteiger partial charge in [0, 0.05) is 0 Å². The SMILES string of the molecule is NCC(=O)OC1COCC1O. The van der Waals surface area contributed by atoms with Crippen molar-refractivity contribution in [3.8, 4) is 0 Å². The molecule has 3 N–H and O–H groups in total. The van der Waals surface area contributed by atoms with Crippen LogP contribution >= 0.6 is 0 Å². The molecule has 64 valence electrons. The van der Waals surface area contributed by atoms with Crippen LogP contribution < -0.4 is 5.73 Å². The van der Waals surface area contributed by atoms with Gasteiger partial charge in [-0.25, -0.2) is 0 Å². The van der Waals surface area contributed by atoms with Crippen LogP contribution in [0.2, 0.25) is 0 Å². The van der Waals surface area contributed by atoms with Crippen LogP contribution in [0.5, 0.6) is 0 Å². The van der Waals surface area contributed by atoms with Crippen molar-refractivity contribution in [3.05, 3.63) is 0 Å². The summed E-state index contributed by atoms with van der Waals surface area (Å²) < 4.78 is 9.58. The molecule has 0 aromatic carbocycles. The molecule has 0 aromatic rings. The van der Waals surface area contributed by atoms with Crippen molar-refractivity contribution in [3.63, 3.8) is 0 Å². The van der Waals surface area contributed by atoms with Gasteiger partial charge in [0.25, 0.3) is 0 Å². The van der Waals surface area contributed by atoms with E-state index in [0.29, 0.717) is 0 Å². The fourth-order valence-electron chi connectivity index (χ4n) is 0.853.